The third kappa shape index (κ3) is 2.34. The van der Waals surface area contributed by atoms with Gasteiger partial charge in [0.1, 0.15) is 0 Å². The van der Waals surface area contributed by atoms with Crippen molar-refractivity contribution in [3.63, 3.8) is 0 Å². The smallest absolute Gasteiger partial charge is 0.210 e. The summed E-state index contributed by atoms with van der Waals surface area (Å²) in [4.78, 5) is 12.3. The zero-order chi connectivity index (χ0) is 7.61. The van der Waals surface area contributed by atoms with E-state index in [1.807, 2.05) is 4.90 Å². The maximum Gasteiger partial charge on any atom is 0.210 e. The summed E-state index contributed by atoms with van der Waals surface area (Å²) in [5.74, 6) is 0. The molecule has 4 heteroatoms. The van der Waals surface area contributed by atoms with E-state index in [1.54, 1.807) is 0 Å². The van der Waals surface area contributed by atoms with E-state index >= 15 is 0 Å². The lowest BCUT2D eigenvalue weighted by molar-refractivity contribution is -0.123. The van der Waals surface area contributed by atoms with Crippen molar-refractivity contribution in [2.45, 2.75) is 19.4 Å². The van der Waals surface area contributed by atoms with Gasteiger partial charge in [0.2, 0.25) is 6.41 Å². The van der Waals surface area contributed by atoms with Gasteiger partial charge in [0.25, 0.3) is 0 Å². The number of carbonyl (C=O) groups excluding carboxylic acids is 1. The number of rotatable bonds is 1. The zero-order valence-corrected chi connectivity index (χ0v) is 7.78. The van der Waals surface area contributed by atoms with Crippen LogP contribution >= 0.6 is 12.4 Å². The molecule has 11 heavy (non-hydrogen) atoms. The minimum absolute atomic E-state index is 0. The average molecular weight is 179 g/mol. The molecule has 0 radical (unpaired) electrons. The molecule has 1 amide bonds. The van der Waals surface area contributed by atoms with Crippen molar-refractivity contribution < 1.29 is 4.79 Å². The van der Waals surface area contributed by atoms with Gasteiger partial charge in [0.05, 0.1) is 0 Å². The second kappa shape index (κ2) is 3.93. The van der Waals surface area contributed by atoms with Crippen LogP contribution in [0.4, 0.5) is 0 Å². The average Bonchev–Trinajstić information content (AvgIpc) is 1.87. The fraction of sp³-hybridized carbons (Fsp3) is 0.857. The van der Waals surface area contributed by atoms with Crippen molar-refractivity contribution >= 4 is 18.8 Å². The molecule has 0 aliphatic carbocycles. The van der Waals surface area contributed by atoms with E-state index < -0.39 is 0 Å². The molecule has 1 fully saturated rings. The number of hydrogen-bond donors (Lipinski definition) is 1. The number of nitrogens with zero attached hydrogens (tertiary/aromatic N) is 1. The Bertz CT molecular complexity index is 138. The van der Waals surface area contributed by atoms with Gasteiger partial charge in [-0.3, -0.25) is 4.79 Å². The molecule has 1 rings (SSSR count). The summed E-state index contributed by atoms with van der Waals surface area (Å²) in [6, 6.07) is 0. The first-order chi connectivity index (χ1) is 4.67. The quantitative estimate of drug-likeness (QED) is 0.584. The lowest BCUT2D eigenvalue weighted by atomic mass is 10.0. The summed E-state index contributed by atoms with van der Waals surface area (Å²) in [5.41, 5.74) is 0. The molecule has 66 valence electrons. The van der Waals surface area contributed by atoms with Gasteiger partial charge in [-0.25, -0.2) is 0 Å². The predicted molar refractivity (Wildman–Crippen MR) is 47.0 cm³/mol. The molecule has 1 aliphatic heterocycles. The Hall–Kier alpha value is -0.280. The second-order valence-electron chi connectivity index (χ2n) is 3.29. The SMILES string of the molecule is CC1(C)CNCCN1C=O.Cl. The monoisotopic (exact) mass is 178 g/mol. The second-order valence-corrected chi connectivity index (χ2v) is 3.29. The van der Waals surface area contributed by atoms with Gasteiger partial charge in [-0.05, 0) is 13.8 Å². The van der Waals surface area contributed by atoms with E-state index in [2.05, 4.69) is 19.2 Å². The van der Waals surface area contributed by atoms with Crippen molar-refractivity contribution in [3.8, 4) is 0 Å². The van der Waals surface area contributed by atoms with E-state index in [9.17, 15) is 4.79 Å². The lowest BCUT2D eigenvalue weighted by Gasteiger charge is -2.40. The Labute approximate surface area is 73.5 Å². The third-order valence-corrected chi connectivity index (χ3v) is 1.99. The standard InChI is InChI=1S/C7H14N2O.ClH/c1-7(2)5-8-3-4-9(7)6-10;/h6,8H,3-5H2,1-2H3;1H. The first-order valence-electron chi connectivity index (χ1n) is 3.59. The van der Waals surface area contributed by atoms with Gasteiger partial charge in [-0.1, -0.05) is 0 Å². The maximum atomic E-state index is 10.5. The van der Waals surface area contributed by atoms with Crippen molar-refractivity contribution in [2.24, 2.45) is 0 Å². The Morgan fingerprint density at radius 1 is 1.55 bits per heavy atom. The number of amides is 1. The normalized spacial score (nSPS) is 22.2. The van der Waals surface area contributed by atoms with Crippen LogP contribution < -0.4 is 5.32 Å². The molecule has 0 unspecified atom stereocenters. The number of nitrogens with one attached hydrogen (secondary N) is 1. The van der Waals surface area contributed by atoms with Crippen LogP contribution in [0.25, 0.3) is 0 Å². The van der Waals surface area contributed by atoms with Gasteiger partial charge in [-0.15, -0.1) is 12.4 Å². The number of piperazine rings is 1. The summed E-state index contributed by atoms with van der Waals surface area (Å²) in [5, 5.41) is 3.24. The Morgan fingerprint density at radius 2 is 2.18 bits per heavy atom. The van der Waals surface area contributed by atoms with Crippen molar-refractivity contribution in [1.29, 1.82) is 0 Å². The molecule has 0 aromatic carbocycles. The molecule has 0 aromatic heterocycles. The van der Waals surface area contributed by atoms with Crippen molar-refractivity contribution in [3.05, 3.63) is 0 Å². The van der Waals surface area contributed by atoms with Crippen molar-refractivity contribution in [2.75, 3.05) is 19.6 Å². The Balaban J connectivity index is 0.000001000. The first kappa shape index (κ1) is 10.7. The molecular formula is C7H15ClN2O. The van der Waals surface area contributed by atoms with Gasteiger partial charge >= 0.3 is 0 Å². The largest absolute Gasteiger partial charge is 0.338 e. The summed E-state index contributed by atoms with van der Waals surface area (Å²) in [6.07, 6.45) is 0.931. The van der Waals surface area contributed by atoms with Crippen LogP contribution in [0, 0.1) is 0 Å². The maximum absolute atomic E-state index is 10.5. The molecule has 0 atom stereocenters. The van der Waals surface area contributed by atoms with Gasteiger partial charge < -0.3 is 10.2 Å². The number of hydrogen-bond acceptors (Lipinski definition) is 2. The predicted octanol–water partition coefficient (Wildman–Crippen LogP) is 0.248. The Kier molecular flexibility index (Phi) is 3.83. The highest BCUT2D eigenvalue weighted by atomic mass is 35.5. The number of carbonyl (C=O) groups is 1. The van der Waals surface area contributed by atoms with E-state index in [1.165, 1.54) is 0 Å². The summed E-state index contributed by atoms with van der Waals surface area (Å²) >= 11 is 0. The lowest BCUT2D eigenvalue weighted by Crippen LogP contribution is -2.57. The minimum Gasteiger partial charge on any atom is -0.338 e. The molecule has 1 N–H and O–H groups in total. The van der Waals surface area contributed by atoms with Crippen LogP contribution in [0.2, 0.25) is 0 Å². The topological polar surface area (TPSA) is 32.3 Å². The van der Waals surface area contributed by atoms with Crippen LogP contribution in [0.1, 0.15) is 13.8 Å². The molecule has 1 saturated heterocycles. The van der Waals surface area contributed by atoms with E-state index in [0.29, 0.717) is 0 Å². The van der Waals surface area contributed by atoms with Crippen LogP contribution in [-0.2, 0) is 4.79 Å². The van der Waals surface area contributed by atoms with E-state index in [-0.39, 0.29) is 17.9 Å². The fourth-order valence-electron chi connectivity index (χ4n) is 1.19. The summed E-state index contributed by atoms with van der Waals surface area (Å²) < 4.78 is 0. The van der Waals surface area contributed by atoms with Crippen LogP contribution in [0.5, 0.6) is 0 Å². The molecular weight excluding hydrogens is 164 g/mol. The summed E-state index contributed by atoms with van der Waals surface area (Å²) in [7, 11) is 0. The fourth-order valence-corrected chi connectivity index (χ4v) is 1.19. The molecule has 0 bridgehead atoms. The molecule has 1 aliphatic rings. The third-order valence-electron chi connectivity index (χ3n) is 1.99. The molecule has 0 saturated carbocycles. The highest BCUT2D eigenvalue weighted by molar-refractivity contribution is 5.85. The first-order valence-corrected chi connectivity index (χ1v) is 3.59. The van der Waals surface area contributed by atoms with E-state index in [4.69, 9.17) is 0 Å². The van der Waals surface area contributed by atoms with Gasteiger partial charge in [0, 0.05) is 25.2 Å². The zero-order valence-electron chi connectivity index (χ0n) is 6.96. The number of halogens is 1. The van der Waals surface area contributed by atoms with Crippen LogP contribution in [0.15, 0.2) is 0 Å². The van der Waals surface area contributed by atoms with Crippen molar-refractivity contribution in [1.82, 2.24) is 10.2 Å². The van der Waals surface area contributed by atoms with Gasteiger partial charge in [-0.2, -0.15) is 0 Å². The van der Waals surface area contributed by atoms with Crippen LogP contribution in [-0.4, -0.2) is 36.5 Å². The van der Waals surface area contributed by atoms with Gasteiger partial charge in [0.15, 0.2) is 0 Å². The molecule has 0 aromatic rings. The minimum atomic E-state index is 0. The Morgan fingerprint density at radius 3 is 2.55 bits per heavy atom. The van der Waals surface area contributed by atoms with E-state index in [0.717, 1.165) is 26.0 Å². The molecule has 3 nitrogen and oxygen atoms in total. The molecule has 0 spiro atoms. The van der Waals surface area contributed by atoms with Crippen LogP contribution in [0.3, 0.4) is 0 Å². The molecule has 1 heterocycles. The highest BCUT2D eigenvalue weighted by Gasteiger charge is 2.27. The highest BCUT2D eigenvalue weighted by Crippen LogP contribution is 2.12. The summed E-state index contributed by atoms with van der Waals surface area (Å²) in [6.45, 7) is 6.77.